The van der Waals surface area contributed by atoms with Gasteiger partial charge in [-0.3, -0.25) is 4.18 Å². The Morgan fingerprint density at radius 1 is 1.67 bits per heavy atom. The van der Waals surface area contributed by atoms with Crippen LogP contribution >= 0.6 is 0 Å². The number of hydrogen-bond acceptors (Lipinski definition) is 3. The lowest BCUT2D eigenvalue weighted by molar-refractivity contribution is 0.170. The van der Waals surface area contributed by atoms with Gasteiger partial charge in [0.1, 0.15) is 18.0 Å². The van der Waals surface area contributed by atoms with E-state index in [1.807, 2.05) is 0 Å². The first-order valence-corrected chi connectivity index (χ1v) is 4.14. The molecular weight excluding hydrogens is 147 g/mol. The van der Waals surface area contributed by atoms with Gasteiger partial charge < -0.3 is 0 Å². The Morgan fingerprint density at radius 2 is 2.22 bits per heavy atom. The van der Waals surface area contributed by atoms with E-state index in [0.29, 0.717) is 0 Å². The largest absolute Gasteiger partial charge is 0.270 e. The van der Waals surface area contributed by atoms with Crippen LogP contribution in [-0.2, 0) is 14.3 Å². The molecule has 9 heavy (non-hydrogen) atoms. The molecule has 0 bridgehead atoms. The van der Waals surface area contributed by atoms with Gasteiger partial charge in [-0.2, -0.15) is 8.42 Å². The predicted molar refractivity (Wildman–Crippen MR) is 29.2 cm³/mol. The molecule has 0 radical (unpaired) electrons. The van der Waals surface area contributed by atoms with Crippen molar-refractivity contribution in [1.82, 2.24) is 0 Å². The second kappa shape index (κ2) is 1.91. The highest BCUT2D eigenvalue weighted by atomic mass is 32.2. The summed E-state index contributed by atoms with van der Waals surface area (Å²) in [4.78, 5) is 0. The fourth-order valence-corrected chi connectivity index (χ4v) is 1.98. The normalized spacial score (nSPS) is 41.1. The zero-order valence-corrected chi connectivity index (χ0v) is 5.69. The van der Waals surface area contributed by atoms with Crippen LogP contribution in [0.1, 0.15) is 6.92 Å². The van der Waals surface area contributed by atoms with Crippen LogP contribution in [0.15, 0.2) is 0 Å². The summed E-state index contributed by atoms with van der Waals surface area (Å²) in [6.45, 7) is 1.40. The van der Waals surface area contributed by atoms with Gasteiger partial charge in [0.25, 0.3) is 10.1 Å². The van der Waals surface area contributed by atoms with E-state index in [1.54, 1.807) is 0 Å². The Bertz CT molecular complexity index is 182. The summed E-state index contributed by atoms with van der Waals surface area (Å²) in [6.07, 6.45) is -2.15. The highest BCUT2D eigenvalue weighted by Crippen LogP contribution is 2.18. The van der Waals surface area contributed by atoms with Crippen LogP contribution in [-0.4, -0.2) is 26.4 Å². The van der Waals surface area contributed by atoms with E-state index in [0.717, 1.165) is 0 Å². The van der Waals surface area contributed by atoms with E-state index >= 15 is 0 Å². The summed E-state index contributed by atoms with van der Waals surface area (Å²) in [5.41, 5.74) is 0. The van der Waals surface area contributed by atoms with E-state index in [2.05, 4.69) is 4.18 Å². The second-order valence-corrected chi connectivity index (χ2v) is 3.68. The Hall–Kier alpha value is -0.160. The lowest BCUT2D eigenvalue weighted by Crippen LogP contribution is -2.13. The summed E-state index contributed by atoms with van der Waals surface area (Å²) in [6, 6.07) is 0. The van der Waals surface area contributed by atoms with E-state index in [4.69, 9.17) is 0 Å². The predicted octanol–water partition coefficient (Wildman–Crippen LogP) is 0.0730. The molecular formula is C4H7FO3S. The summed E-state index contributed by atoms with van der Waals surface area (Å²) in [7, 11) is -3.52. The Morgan fingerprint density at radius 3 is 2.33 bits per heavy atom. The molecule has 1 aliphatic rings. The number of hydrogen-bond donors (Lipinski definition) is 0. The molecule has 0 aliphatic carbocycles. The SMILES string of the molecule is CC1OS(=O)(=O)CC1F. The molecule has 54 valence electrons. The third kappa shape index (κ3) is 1.40. The molecule has 0 amide bonds. The van der Waals surface area contributed by atoms with E-state index in [-0.39, 0.29) is 0 Å². The quantitative estimate of drug-likeness (QED) is 0.464. The second-order valence-electron chi connectivity index (χ2n) is 2.04. The van der Waals surface area contributed by atoms with Gasteiger partial charge in [0.05, 0.1) is 0 Å². The van der Waals surface area contributed by atoms with Gasteiger partial charge in [0.15, 0.2) is 0 Å². The number of halogens is 1. The monoisotopic (exact) mass is 154 g/mol. The van der Waals surface area contributed by atoms with Crippen molar-refractivity contribution in [3.8, 4) is 0 Å². The fraction of sp³-hybridized carbons (Fsp3) is 1.00. The number of rotatable bonds is 0. The third-order valence-electron chi connectivity index (χ3n) is 1.17. The molecule has 1 aliphatic heterocycles. The Labute approximate surface area is 52.9 Å². The Kier molecular flexibility index (Phi) is 1.48. The average molecular weight is 154 g/mol. The molecule has 3 nitrogen and oxygen atoms in total. The molecule has 5 heteroatoms. The van der Waals surface area contributed by atoms with Crippen LogP contribution in [0, 0.1) is 0 Å². The van der Waals surface area contributed by atoms with Crippen molar-refractivity contribution >= 4 is 10.1 Å². The standard InChI is InChI=1S/C4H7FO3S/c1-3-4(5)2-9(6,7)8-3/h3-4H,2H2,1H3. The van der Waals surface area contributed by atoms with Gasteiger partial charge in [0, 0.05) is 0 Å². The molecule has 1 saturated heterocycles. The first kappa shape index (κ1) is 6.95. The zero-order chi connectivity index (χ0) is 7.07. The van der Waals surface area contributed by atoms with Gasteiger partial charge in [-0.1, -0.05) is 0 Å². The van der Waals surface area contributed by atoms with Crippen LogP contribution in [0.2, 0.25) is 0 Å². The van der Waals surface area contributed by atoms with Crippen molar-refractivity contribution in [1.29, 1.82) is 0 Å². The maximum absolute atomic E-state index is 12.3. The molecule has 1 rings (SSSR count). The molecule has 0 aromatic heterocycles. The van der Waals surface area contributed by atoms with E-state index in [9.17, 15) is 12.8 Å². The molecule has 2 unspecified atom stereocenters. The number of alkyl halides is 1. The van der Waals surface area contributed by atoms with Gasteiger partial charge >= 0.3 is 0 Å². The van der Waals surface area contributed by atoms with Gasteiger partial charge in [0.2, 0.25) is 0 Å². The van der Waals surface area contributed by atoms with Crippen LogP contribution < -0.4 is 0 Å². The molecule has 0 spiro atoms. The van der Waals surface area contributed by atoms with Crippen LogP contribution in [0.3, 0.4) is 0 Å². The molecule has 0 saturated carbocycles. The molecule has 0 N–H and O–H groups in total. The van der Waals surface area contributed by atoms with Crippen LogP contribution in [0.25, 0.3) is 0 Å². The zero-order valence-electron chi connectivity index (χ0n) is 4.87. The van der Waals surface area contributed by atoms with Crippen molar-refractivity contribution < 1.29 is 17.0 Å². The highest BCUT2D eigenvalue weighted by Gasteiger charge is 2.35. The molecule has 1 fully saturated rings. The van der Waals surface area contributed by atoms with Gasteiger partial charge in [-0.05, 0) is 6.92 Å². The maximum atomic E-state index is 12.3. The lowest BCUT2D eigenvalue weighted by atomic mass is 10.3. The van der Waals surface area contributed by atoms with E-state index in [1.165, 1.54) is 6.92 Å². The average Bonchev–Trinajstić information content (AvgIpc) is 1.79. The topological polar surface area (TPSA) is 43.4 Å². The van der Waals surface area contributed by atoms with Crippen molar-refractivity contribution in [3.63, 3.8) is 0 Å². The van der Waals surface area contributed by atoms with Crippen molar-refractivity contribution in [2.45, 2.75) is 19.2 Å². The molecule has 0 aromatic carbocycles. The van der Waals surface area contributed by atoms with E-state index < -0.39 is 28.1 Å². The van der Waals surface area contributed by atoms with Crippen molar-refractivity contribution in [2.75, 3.05) is 5.75 Å². The summed E-state index contributed by atoms with van der Waals surface area (Å²) >= 11 is 0. The summed E-state index contributed by atoms with van der Waals surface area (Å²) in [5.74, 6) is -0.492. The Balaban J connectivity index is 2.77. The minimum absolute atomic E-state index is 0.492. The molecule has 2 atom stereocenters. The van der Waals surface area contributed by atoms with Crippen LogP contribution in [0.4, 0.5) is 4.39 Å². The highest BCUT2D eigenvalue weighted by molar-refractivity contribution is 7.87. The third-order valence-corrected chi connectivity index (χ3v) is 2.49. The minimum Gasteiger partial charge on any atom is -0.264 e. The molecule has 1 heterocycles. The van der Waals surface area contributed by atoms with Gasteiger partial charge in [-0.15, -0.1) is 0 Å². The summed E-state index contributed by atoms with van der Waals surface area (Å²) in [5, 5.41) is 0. The molecule has 0 aromatic rings. The summed E-state index contributed by atoms with van der Waals surface area (Å²) < 4.78 is 37.3. The fourth-order valence-electron chi connectivity index (χ4n) is 0.661. The maximum Gasteiger partial charge on any atom is 0.270 e. The smallest absolute Gasteiger partial charge is 0.264 e. The van der Waals surface area contributed by atoms with Crippen LogP contribution in [0.5, 0.6) is 0 Å². The van der Waals surface area contributed by atoms with Gasteiger partial charge in [-0.25, -0.2) is 4.39 Å². The lowest BCUT2D eigenvalue weighted by Gasteiger charge is -1.98. The van der Waals surface area contributed by atoms with Crippen molar-refractivity contribution in [3.05, 3.63) is 0 Å². The first-order valence-electron chi connectivity index (χ1n) is 2.56. The minimum atomic E-state index is -3.52. The first-order chi connectivity index (χ1) is 4.01. The van der Waals surface area contributed by atoms with Crippen molar-refractivity contribution in [2.24, 2.45) is 0 Å².